The van der Waals surface area contributed by atoms with Gasteiger partial charge in [-0.1, -0.05) is 0 Å². The van der Waals surface area contributed by atoms with Crippen LogP contribution in [0.2, 0.25) is 0 Å². The molecule has 38 heavy (non-hydrogen) atoms. The Morgan fingerprint density at radius 3 is 1.61 bits per heavy atom. The molecule has 11 heteroatoms. The maximum absolute atomic E-state index is 11.9. The van der Waals surface area contributed by atoms with Crippen molar-refractivity contribution in [3.05, 3.63) is 0 Å². The molecule has 1 saturated carbocycles. The van der Waals surface area contributed by atoms with Gasteiger partial charge in [-0.2, -0.15) is 0 Å². The average molecular weight is 544 g/mol. The Labute approximate surface area is 226 Å². The van der Waals surface area contributed by atoms with E-state index in [-0.39, 0.29) is 18.5 Å². The summed E-state index contributed by atoms with van der Waals surface area (Å²) in [6.45, 7) is 6.28. The molecule has 1 unspecified atom stereocenters. The Balaban J connectivity index is 1.22. The highest BCUT2D eigenvalue weighted by molar-refractivity contribution is 5.69. The topological polar surface area (TPSA) is 120 Å². The van der Waals surface area contributed by atoms with Crippen LogP contribution < -0.4 is 5.32 Å². The van der Waals surface area contributed by atoms with Crippen molar-refractivity contribution in [3.8, 4) is 11.8 Å². The van der Waals surface area contributed by atoms with Gasteiger partial charge in [-0.15, -0.1) is 11.8 Å². The second-order valence-electron chi connectivity index (χ2n) is 8.95. The average Bonchev–Trinajstić information content (AvgIpc) is 3.56. The van der Waals surface area contributed by atoms with Crippen LogP contribution in [0.4, 0.5) is 4.79 Å². The van der Waals surface area contributed by atoms with Crippen LogP contribution >= 0.6 is 0 Å². The Hall–Kier alpha value is -1.94. The number of ether oxygens (including phenoxy) is 8. The zero-order valence-corrected chi connectivity index (χ0v) is 22.7. The molecule has 1 N–H and O–H groups in total. The molecule has 3 atom stereocenters. The molecule has 0 aliphatic heterocycles. The minimum Gasteiger partial charge on any atom is -0.469 e. The molecule has 218 valence electrons. The molecule has 0 saturated heterocycles. The van der Waals surface area contributed by atoms with Gasteiger partial charge in [-0.3, -0.25) is 4.79 Å². The lowest BCUT2D eigenvalue weighted by molar-refractivity contribution is -0.141. The van der Waals surface area contributed by atoms with E-state index in [0.29, 0.717) is 110 Å². The van der Waals surface area contributed by atoms with Crippen LogP contribution in [-0.2, 0) is 42.7 Å². The normalized spacial score (nSPS) is 19.9. The third-order valence-corrected chi connectivity index (χ3v) is 6.30. The standard InChI is InChI=1S/C27H45NO10/c1-31-26(29)8-10-32-12-14-34-16-18-36-20-21-37-19-17-35-15-13-33-11-9-28-27(30)38-22-25-23-6-4-2-3-5-7-24(23)25/h23-25H,4-22H2,1H3,(H,28,30)/t23-,24+,25?. The summed E-state index contributed by atoms with van der Waals surface area (Å²) in [7, 11) is 1.35. The van der Waals surface area contributed by atoms with Crippen molar-refractivity contribution in [1.29, 1.82) is 0 Å². The second-order valence-corrected chi connectivity index (χ2v) is 8.95. The molecule has 0 radical (unpaired) electrons. The number of esters is 1. The van der Waals surface area contributed by atoms with E-state index >= 15 is 0 Å². The number of carbonyl (C=O) groups excluding carboxylic acids is 2. The van der Waals surface area contributed by atoms with E-state index in [1.165, 1.54) is 7.11 Å². The first-order valence-electron chi connectivity index (χ1n) is 13.6. The molecule has 1 amide bonds. The SMILES string of the molecule is COC(=O)CCOCCOCCOCCOCCOCCOCCNC(=O)OCC1[C@H]2CCC#CCC[C@@H]12. The fraction of sp³-hybridized carbons (Fsp3) is 0.852. The quantitative estimate of drug-likeness (QED) is 0.116. The van der Waals surface area contributed by atoms with Gasteiger partial charge < -0.3 is 43.2 Å². The molecule has 1 fully saturated rings. The fourth-order valence-corrected chi connectivity index (χ4v) is 4.19. The van der Waals surface area contributed by atoms with Gasteiger partial charge in [0.2, 0.25) is 0 Å². The van der Waals surface area contributed by atoms with Crippen molar-refractivity contribution in [2.24, 2.45) is 17.8 Å². The molecular weight excluding hydrogens is 498 g/mol. The van der Waals surface area contributed by atoms with Gasteiger partial charge in [-0.25, -0.2) is 4.79 Å². The first-order chi connectivity index (χ1) is 18.7. The van der Waals surface area contributed by atoms with Crippen molar-refractivity contribution in [2.45, 2.75) is 32.1 Å². The largest absolute Gasteiger partial charge is 0.469 e. The van der Waals surface area contributed by atoms with Gasteiger partial charge in [0.1, 0.15) is 0 Å². The number of alkyl carbamates (subject to hydrolysis) is 1. The first kappa shape index (κ1) is 32.3. The summed E-state index contributed by atoms with van der Waals surface area (Å²) in [4.78, 5) is 22.8. The summed E-state index contributed by atoms with van der Waals surface area (Å²) >= 11 is 0. The van der Waals surface area contributed by atoms with Gasteiger partial charge >= 0.3 is 12.1 Å². The minimum atomic E-state index is -0.382. The molecule has 0 bridgehead atoms. The van der Waals surface area contributed by atoms with E-state index in [1.54, 1.807) is 0 Å². The summed E-state index contributed by atoms with van der Waals surface area (Å²) in [5.74, 6) is 7.95. The lowest BCUT2D eigenvalue weighted by Crippen LogP contribution is -2.29. The number of hydrogen-bond donors (Lipinski definition) is 1. The van der Waals surface area contributed by atoms with Crippen LogP contribution in [0.3, 0.4) is 0 Å². The van der Waals surface area contributed by atoms with Crippen LogP contribution in [-0.4, -0.2) is 112 Å². The van der Waals surface area contributed by atoms with Gasteiger partial charge in [-0.05, 0) is 30.6 Å². The van der Waals surface area contributed by atoms with Crippen molar-refractivity contribution in [2.75, 3.05) is 99.5 Å². The second kappa shape index (κ2) is 21.9. The summed E-state index contributed by atoms with van der Waals surface area (Å²) < 4.78 is 42.2. The minimum absolute atomic E-state index is 0.244. The van der Waals surface area contributed by atoms with E-state index < -0.39 is 0 Å². The van der Waals surface area contributed by atoms with E-state index in [4.69, 9.17) is 33.2 Å². The van der Waals surface area contributed by atoms with Crippen molar-refractivity contribution in [3.63, 3.8) is 0 Å². The van der Waals surface area contributed by atoms with Crippen molar-refractivity contribution < 1.29 is 47.5 Å². The zero-order valence-electron chi connectivity index (χ0n) is 22.7. The maximum atomic E-state index is 11.9. The predicted octanol–water partition coefficient (Wildman–Crippen LogP) is 1.81. The number of rotatable bonds is 23. The van der Waals surface area contributed by atoms with Gasteiger partial charge in [0.25, 0.3) is 0 Å². The zero-order chi connectivity index (χ0) is 27.1. The van der Waals surface area contributed by atoms with E-state index in [2.05, 4.69) is 21.9 Å². The van der Waals surface area contributed by atoms with E-state index in [0.717, 1.165) is 25.7 Å². The molecule has 0 spiro atoms. The number of nitrogens with one attached hydrogen (secondary N) is 1. The lowest BCUT2D eigenvalue weighted by Gasteiger charge is -2.09. The number of fused-ring (bicyclic) bond motifs is 1. The summed E-state index contributed by atoms with van der Waals surface area (Å²) in [5.41, 5.74) is 0. The molecule has 0 aromatic carbocycles. The molecule has 2 aliphatic rings. The highest BCUT2D eigenvalue weighted by Gasteiger charge is 2.49. The van der Waals surface area contributed by atoms with Gasteiger partial charge in [0, 0.05) is 19.4 Å². The van der Waals surface area contributed by atoms with Gasteiger partial charge in [0.05, 0.1) is 99.4 Å². The third kappa shape index (κ3) is 16.1. The van der Waals surface area contributed by atoms with Gasteiger partial charge in [0.15, 0.2) is 0 Å². The highest BCUT2D eigenvalue weighted by Crippen LogP contribution is 2.52. The first-order valence-corrected chi connectivity index (χ1v) is 13.6. The Morgan fingerprint density at radius 1 is 0.684 bits per heavy atom. The van der Waals surface area contributed by atoms with Crippen LogP contribution in [0.15, 0.2) is 0 Å². The summed E-state index contributed by atoms with van der Waals surface area (Å²) in [6.07, 6.45) is 4.04. The van der Waals surface area contributed by atoms with Crippen molar-refractivity contribution >= 4 is 12.1 Å². The fourth-order valence-electron chi connectivity index (χ4n) is 4.19. The lowest BCUT2D eigenvalue weighted by atomic mass is 10.1. The molecular formula is C27H45NO10. The van der Waals surface area contributed by atoms with E-state index in [9.17, 15) is 9.59 Å². The Kier molecular flexibility index (Phi) is 18.6. The number of hydrogen-bond acceptors (Lipinski definition) is 10. The molecule has 11 nitrogen and oxygen atoms in total. The molecule has 0 aromatic rings. The third-order valence-electron chi connectivity index (χ3n) is 6.30. The van der Waals surface area contributed by atoms with Crippen molar-refractivity contribution in [1.82, 2.24) is 5.32 Å². The molecule has 0 heterocycles. The maximum Gasteiger partial charge on any atom is 0.407 e. The monoisotopic (exact) mass is 543 g/mol. The Bertz CT molecular complexity index is 677. The summed E-state index contributed by atoms with van der Waals surface area (Å²) in [5, 5.41) is 2.72. The smallest absolute Gasteiger partial charge is 0.407 e. The number of amides is 1. The van der Waals surface area contributed by atoms with E-state index in [1.807, 2.05) is 0 Å². The highest BCUT2D eigenvalue weighted by atomic mass is 16.6. The summed E-state index contributed by atoms with van der Waals surface area (Å²) in [6, 6.07) is 0. The molecule has 0 aromatic heterocycles. The van der Waals surface area contributed by atoms with Crippen LogP contribution in [0.25, 0.3) is 0 Å². The Morgan fingerprint density at radius 2 is 1.13 bits per heavy atom. The predicted molar refractivity (Wildman–Crippen MR) is 138 cm³/mol. The van der Waals surface area contributed by atoms with Crippen LogP contribution in [0.5, 0.6) is 0 Å². The molecule has 2 rings (SSSR count). The van der Waals surface area contributed by atoms with Crippen LogP contribution in [0, 0.1) is 29.6 Å². The number of methoxy groups -OCH3 is 1. The molecule has 2 aliphatic carbocycles. The number of carbonyl (C=O) groups is 2. The van der Waals surface area contributed by atoms with Crippen LogP contribution in [0.1, 0.15) is 32.1 Å².